The number of aromatic nitrogens is 4. The minimum atomic E-state index is 0.0187. The Morgan fingerprint density at radius 3 is 3.10 bits per heavy atom. The van der Waals surface area contributed by atoms with Gasteiger partial charge in [-0.3, -0.25) is 9.89 Å². The molecule has 0 aromatic carbocycles. The van der Waals surface area contributed by atoms with Gasteiger partial charge < -0.3 is 9.42 Å². The van der Waals surface area contributed by atoms with Crippen LogP contribution in [0.15, 0.2) is 10.7 Å². The molecule has 1 N–H and O–H groups in total. The minimum absolute atomic E-state index is 0.0187. The van der Waals surface area contributed by atoms with Crippen molar-refractivity contribution in [2.75, 3.05) is 13.1 Å². The highest BCUT2D eigenvalue weighted by molar-refractivity contribution is 5.95. The first-order valence-electron chi connectivity index (χ1n) is 7.30. The average Bonchev–Trinajstić information content (AvgIpc) is 3.15. The minimum Gasteiger partial charge on any atom is -0.339 e. The van der Waals surface area contributed by atoms with Crippen LogP contribution in [0.5, 0.6) is 0 Å². The van der Waals surface area contributed by atoms with Crippen LogP contribution in [0.2, 0.25) is 0 Å². The van der Waals surface area contributed by atoms with Gasteiger partial charge in [0.1, 0.15) is 0 Å². The van der Waals surface area contributed by atoms with Gasteiger partial charge in [-0.15, -0.1) is 0 Å². The van der Waals surface area contributed by atoms with Crippen LogP contribution >= 0.6 is 0 Å². The normalized spacial score (nSPS) is 19.0. The van der Waals surface area contributed by atoms with E-state index in [1.165, 1.54) is 0 Å². The molecule has 1 aliphatic rings. The second-order valence-corrected chi connectivity index (χ2v) is 5.40. The lowest BCUT2D eigenvalue weighted by Gasteiger charge is -2.31. The zero-order chi connectivity index (χ0) is 14.8. The number of nitrogens with one attached hydrogen (secondary N) is 1. The lowest BCUT2D eigenvalue weighted by molar-refractivity contribution is 0.0703. The van der Waals surface area contributed by atoms with E-state index in [0.717, 1.165) is 31.5 Å². The third-order valence-corrected chi connectivity index (χ3v) is 3.92. The molecule has 1 saturated heterocycles. The number of likely N-dealkylation sites (tertiary alicyclic amines) is 1. The smallest absolute Gasteiger partial charge is 0.257 e. The molecule has 112 valence electrons. The van der Waals surface area contributed by atoms with E-state index >= 15 is 0 Å². The summed E-state index contributed by atoms with van der Waals surface area (Å²) in [6.45, 7) is 5.23. The van der Waals surface area contributed by atoms with Crippen LogP contribution in [-0.4, -0.2) is 44.2 Å². The number of nitrogens with zero attached hydrogens (tertiary/aromatic N) is 4. The molecule has 3 heterocycles. The Hall–Kier alpha value is -2.18. The number of aromatic amines is 1. The summed E-state index contributed by atoms with van der Waals surface area (Å²) < 4.78 is 5.17. The molecule has 0 radical (unpaired) electrons. The van der Waals surface area contributed by atoms with E-state index in [4.69, 9.17) is 4.52 Å². The first kappa shape index (κ1) is 13.8. The molecule has 2 aromatic heterocycles. The summed E-state index contributed by atoms with van der Waals surface area (Å²) in [6, 6.07) is 0. The van der Waals surface area contributed by atoms with Gasteiger partial charge in [0.15, 0.2) is 5.82 Å². The lowest BCUT2D eigenvalue weighted by atomic mass is 9.97. The second kappa shape index (κ2) is 5.67. The average molecular weight is 289 g/mol. The standard InChI is InChI=1S/C14H19N5O2/c1-3-12-16-13(18-21-12)10-5-4-6-19(8-10)14(20)11-7-15-17-9(11)2/h7,10H,3-6,8H2,1-2H3,(H,15,17)/t10-/m1/s1. The van der Waals surface area contributed by atoms with E-state index in [0.29, 0.717) is 23.8 Å². The highest BCUT2D eigenvalue weighted by Crippen LogP contribution is 2.26. The summed E-state index contributed by atoms with van der Waals surface area (Å²) in [7, 11) is 0. The summed E-state index contributed by atoms with van der Waals surface area (Å²) in [5, 5.41) is 10.8. The predicted molar refractivity (Wildman–Crippen MR) is 74.9 cm³/mol. The fourth-order valence-electron chi connectivity index (χ4n) is 2.69. The van der Waals surface area contributed by atoms with Crippen LogP contribution < -0.4 is 0 Å². The number of piperidine rings is 1. The molecular weight excluding hydrogens is 270 g/mol. The van der Waals surface area contributed by atoms with Gasteiger partial charge in [0.25, 0.3) is 5.91 Å². The Morgan fingerprint density at radius 1 is 1.57 bits per heavy atom. The van der Waals surface area contributed by atoms with E-state index in [1.807, 2.05) is 18.7 Å². The van der Waals surface area contributed by atoms with Gasteiger partial charge >= 0.3 is 0 Å². The Kier molecular flexibility index (Phi) is 3.72. The molecular formula is C14H19N5O2. The van der Waals surface area contributed by atoms with E-state index in [-0.39, 0.29) is 11.8 Å². The molecule has 1 aliphatic heterocycles. The monoisotopic (exact) mass is 289 g/mol. The molecule has 0 saturated carbocycles. The molecule has 0 aliphatic carbocycles. The summed E-state index contributed by atoms with van der Waals surface area (Å²) in [6.07, 6.45) is 4.25. The Balaban J connectivity index is 1.74. The van der Waals surface area contributed by atoms with Crippen molar-refractivity contribution in [3.05, 3.63) is 29.2 Å². The number of hydrogen-bond donors (Lipinski definition) is 1. The van der Waals surface area contributed by atoms with Gasteiger partial charge in [-0.05, 0) is 19.8 Å². The van der Waals surface area contributed by atoms with E-state index in [1.54, 1.807) is 6.20 Å². The molecule has 21 heavy (non-hydrogen) atoms. The maximum Gasteiger partial charge on any atom is 0.257 e. The van der Waals surface area contributed by atoms with Crippen molar-refractivity contribution in [3.8, 4) is 0 Å². The fourth-order valence-corrected chi connectivity index (χ4v) is 2.69. The Bertz CT molecular complexity index is 633. The lowest BCUT2D eigenvalue weighted by Crippen LogP contribution is -2.39. The van der Waals surface area contributed by atoms with Gasteiger partial charge in [0.2, 0.25) is 5.89 Å². The van der Waals surface area contributed by atoms with Gasteiger partial charge in [-0.25, -0.2) is 0 Å². The number of carbonyl (C=O) groups is 1. The van der Waals surface area contributed by atoms with Crippen molar-refractivity contribution in [1.29, 1.82) is 0 Å². The molecule has 2 aromatic rings. The van der Waals surface area contributed by atoms with E-state index in [2.05, 4.69) is 20.3 Å². The highest BCUT2D eigenvalue weighted by Gasteiger charge is 2.29. The number of aryl methyl sites for hydroxylation is 2. The van der Waals surface area contributed by atoms with Crippen LogP contribution in [0.25, 0.3) is 0 Å². The van der Waals surface area contributed by atoms with E-state index < -0.39 is 0 Å². The number of carbonyl (C=O) groups excluding carboxylic acids is 1. The highest BCUT2D eigenvalue weighted by atomic mass is 16.5. The van der Waals surface area contributed by atoms with Gasteiger partial charge in [0.05, 0.1) is 11.8 Å². The van der Waals surface area contributed by atoms with Crippen molar-refractivity contribution in [3.63, 3.8) is 0 Å². The van der Waals surface area contributed by atoms with Crippen LogP contribution in [0.1, 0.15) is 53.5 Å². The summed E-state index contributed by atoms with van der Waals surface area (Å²) >= 11 is 0. The number of amides is 1. The van der Waals surface area contributed by atoms with Crippen molar-refractivity contribution in [2.45, 2.75) is 39.0 Å². The van der Waals surface area contributed by atoms with Crippen molar-refractivity contribution in [2.24, 2.45) is 0 Å². The van der Waals surface area contributed by atoms with Crippen molar-refractivity contribution >= 4 is 5.91 Å². The maximum atomic E-state index is 12.5. The first-order valence-corrected chi connectivity index (χ1v) is 7.30. The fraction of sp³-hybridized carbons (Fsp3) is 0.571. The number of H-pyrrole nitrogens is 1. The van der Waals surface area contributed by atoms with Crippen LogP contribution in [0, 0.1) is 6.92 Å². The molecule has 0 unspecified atom stereocenters. The van der Waals surface area contributed by atoms with E-state index in [9.17, 15) is 4.79 Å². The third-order valence-electron chi connectivity index (χ3n) is 3.92. The van der Waals surface area contributed by atoms with Gasteiger partial charge in [-0.1, -0.05) is 12.1 Å². The Morgan fingerprint density at radius 2 is 2.43 bits per heavy atom. The topological polar surface area (TPSA) is 87.9 Å². The van der Waals surface area contributed by atoms with Crippen LogP contribution in [0.3, 0.4) is 0 Å². The molecule has 1 fully saturated rings. The molecule has 0 bridgehead atoms. The number of rotatable bonds is 3. The molecule has 3 rings (SSSR count). The van der Waals surface area contributed by atoms with Crippen LogP contribution in [0.4, 0.5) is 0 Å². The Labute approximate surface area is 122 Å². The quantitative estimate of drug-likeness (QED) is 0.928. The zero-order valence-electron chi connectivity index (χ0n) is 12.3. The summed E-state index contributed by atoms with van der Waals surface area (Å²) in [4.78, 5) is 18.8. The van der Waals surface area contributed by atoms with Crippen molar-refractivity contribution < 1.29 is 9.32 Å². The summed E-state index contributed by atoms with van der Waals surface area (Å²) in [5.41, 5.74) is 1.44. The summed E-state index contributed by atoms with van der Waals surface area (Å²) in [5.74, 6) is 1.54. The first-order chi connectivity index (χ1) is 10.2. The van der Waals surface area contributed by atoms with Gasteiger partial charge in [-0.2, -0.15) is 10.1 Å². The molecule has 7 nitrogen and oxygen atoms in total. The zero-order valence-corrected chi connectivity index (χ0v) is 12.3. The van der Waals surface area contributed by atoms with Crippen LogP contribution in [-0.2, 0) is 6.42 Å². The molecule has 1 atom stereocenters. The molecule has 0 spiro atoms. The predicted octanol–water partition coefficient (Wildman–Crippen LogP) is 1.68. The third kappa shape index (κ3) is 2.68. The SMILES string of the molecule is CCc1nc([C@@H]2CCCN(C(=O)c3cn[nH]c3C)C2)no1. The molecule has 7 heteroatoms. The largest absolute Gasteiger partial charge is 0.339 e. The second-order valence-electron chi connectivity index (χ2n) is 5.40. The maximum absolute atomic E-state index is 12.5. The van der Waals surface area contributed by atoms with Crippen molar-refractivity contribution in [1.82, 2.24) is 25.2 Å². The number of hydrogen-bond acceptors (Lipinski definition) is 5. The van der Waals surface area contributed by atoms with Gasteiger partial charge in [0, 0.05) is 31.1 Å². The molecule has 1 amide bonds.